The Morgan fingerprint density at radius 3 is 1.26 bits per heavy atom. The Kier molecular flexibility index (Phi) is 14.3. The molecule has 0 aliphatic rings. The Hall–Kier alpha value is -0.0800. The van der Waals surface area contributed by atoms with Crippen LogP contribution in [-0.4, -0.2) is 23.4 Å². The molecule has 0 rings (SSSR count). The maximum atomic E-state index is 9.21. The Labute approximate surface area is 120 Å². The van der Waals surface area contributed by atoms with Gasteiger partial charge in [0.05, 0.1) is 0 Å². The summed E-state index contributed by atoms with van der Waals surface area (Å²) in [6, 6.07) is 0. The third-order valence-electron chi connectivity index (χ3n) is 4.13. The summed E-state index contributed by atoms with van der Waals surface area (Å²) >= 11 is 0. The topological polar surface area (TPSA) is 40.5 Å². The van der Waals surface area contributed by atoms with Gasteiger partial charge in [-0.05, 0) is 37.5 Å². The summed E-state index contributed by atoms with van der Waals surface area (Å²) in [6.07, 6.45) is 13.6. The Bertz CT molecular complexity index is 153. The molecule has 2 unspecified atom stereocenters. The second-order valence-electron chi connectivity index (χ2n) is 6.02. The van der Waals surface area contributed by atoms with Crippen LogP contribution in [0.5, 0.6) is 0 Å². The molecule has 0 amide bonds. The van der Waals surface area contributed by atoms with E-state index in [1.807, 2.05) is 0 Å². The van der Waals surface area contributed by atoms with Gasteiger partial charge in [-0.2, -0.15) is 0 Å². The van der Waals surface area contributed by atoms with Crippen molar-refractivity contribution < 1.29 is 10.2 Å². The molecule has 0 fully saturated rings. The van der Waals surface area contributed by atoms with E-state index < -0.39 is 0 Å². The van der Waals surface area contributed by atoms with Crippen molar-refractivity contribution >= 4 is 0 Å². The van der Waals surface area contributed by atoms with E-state index in [1.54, 1.807) is 0 Å². The second-order valence-corrected chi connectivity index (χ2v) is 6.02. The maximum absolute atomic E-state index is 9.21. The first-order chi connectivity index (χ1) is 9.28. The fraction of sp³-hybridized carbons (Fsp3) is 1.00. The summed E-state index contributed by atoms with van der Waals surface area (Å²) in [5.41, 5.74) is 0. The van der Waals surface area contributed by atoms with E-state index in [0.29, 0.717) is 25.0 Å². The smallest absolute Gasteiger partial charge is 0.0459 e. The Balaban J connectivity index is 3.34. The maximum Gasteiger partial charge on any atom is 0.0459 e. The van der Waals surface area contributed by atoms with Gasteiger partial charge >= 0.3 is 0 Å². The van der Waals surface area contributed by atoms with E-state index in [1.165, 1.54) is 70.6 Å². The number of hydrogen-bond acceptors (Lipinski definition) is 2. The largest absolute Gasteiger partial charge is 0.396 e. The molecule has 2 atom stereocenters. The molecular weight excluding hydrogens is 236 g/mol. The summed E-state index contributed by atoms with van der Waals surface area (Å²) in [5.74, 6) is 1.07. The summed E-state index contributed by atoms with van der Waals surface area (Å²) in [5, 5.41) is 18.4. The summed E-state index contributed by atoms with van der Waals surface area (Å²) in [7, 11) is 0. The number of hydrogen-bond donors (Lipinski definition) is 2. The molecule has 0 spiro atoms. The highest BCUT2D eigenvalue weighted by molar-refractivity contribution is 4.59. The van der Waals surface area contributed by atoms with Crippen LogP contribution in [0.1, 0.15) is 84.5 Å². The van der Waals surface area contributed by atoms with Gasteiger partial charge in [0.15, 0.2) is 0 Å². The van der Waals surface area contributed by atoms with Crippen molar-refractivity contribution in [1.82, 2.24) is 0 Å². The van der Waals surface area contributed by atoms with E-state index in [2.05, 4.69) is 13.8 Å². The normalized spacial score (nSPS) is 14.5. The number of rotatable bonds is 14. The molecule has 0 heterocycles. The first kappa shape index (κ1) is 18.9. The molecule has 0 bridgehead atoms. The van der Waals surface area contributed by atoms with Gasteiger partial charge in [0.25, 0.3) is 0 Å². The highest BCUT2D eigenvalue weighted by Crippen LogP contribution is 2.18. The van der Waals surface area contributed by atoms with Crippen LogP contribution >= 0.6 is 0 Å². The van der Waals surface area contributed by atoms with Crippen molar-refractivity contribution in [3.8, 4) is 0 Å². The van der Waals surface area contributed by atoms with Gasteiger partial charge < -0.3 is 10.2 Å². The number of unbranched alkanes of at least 4 members (excludes halogenated alkanes) is 4. The Morgan fingerprint density at radius 1 is 0.579 bits per heavy atom. The van der Waals surface area contributed by atoms with Crippen LogP contribution in [0, 0.1) is 11.8 Å². The van der Waals surface area contributed by atoms with E-state index in [0.717, 1.165) is 0 Å². The molecule has 2 N–H and O–H groups in total. The van der Waals surface area contributed by atoms with Crippen LogP contribution < -0.4 is 0 Å². The van der Waals surface area contributed by atoms with Gasteiger partial charge in [0, 0.05) is 13.2 Å². The summed E-state index contributed by atoms with van der Waals surface area (Å²) in [6.45, 7) is 5.11. The van der Waals surface area contributed by atoms with Crippen molar-refractivity contribution in [2.24, 2.45) is 11.8 Å². The monoisotopic (exact) mass is 272 g/mol. The molecule has 0 saturated carbocycles. The lowest BCUT2D eigenvalue weighted by Crippen LogP contribution is -2.06. The first-order valence-corrected chi connectivity index (χ1v) is 8.50. The lowest BCUT2D eigenvalue weighted by molar-refractivity contribution is 0.204. The molecule has 2 nitrogen and oxygen atoms in total. The van der Waals surface area contributed by atoms with E-state index in [-0.39, 0.29) is 0 Å². The molecule has 19 heavy (non-hydrogen) atoms. The molecular formula is C17H36O2. The van der Waals surface area contributed by atoms with Crippen LogP contribution in [0.25, 0.3) is 0 Å². The fourth-order valence-corrected chi connectivity index (χ4v) is 2.87. The molecule has 0 radical (unpaired) electrons. The zero-order valence-corrected chi connectivity index (χ0v) is 13.2. The van der Waals surface area contributed by atoms with Gasteiger partial charge in [0.1, 0.15) is 0 Å². The van der Waals surface area contributed by atoms with Crippen LogP contribution in [0.2, 0.25) is 0 Å². The highest BCUT2D eigenvalue weighted by Gasteiger charge is 2.07. The number of aliphatic hydroxyl groups is 2. The second kappa shape index (κ2) is 14.3. The van der Waals surface area contributed by atoms with Crippen LogP contribution in [0.15, 0.2) is 0 Å². The quantitative estimate of drug-likeness (QED) is 0.456. The predicted octanol–water partition coefficient (Wildman–Crippen LogP) is 4.53. The summed E-state index contributed by atoms with van der Waals surface area (Å²) in [4.78, 5) is 0. The van der Waals surface area contributed by atoms with Gasteiger partial charge in [-0.3, -0.25) is 0 Å². The molecule has 0 saturated heterocycles. The van der Waals surface area contributed by atoms with Gasteiger partial charge in [-0.25, -0.2) is 0 Å². The molecule has 0 aliphatic carbocycles. The lowest BCUT2D eigenvalue weighted by atomic mass is 9.95. The van der Waals surface area contributed by atoms with Crippen molar-refractivity contribution in [1.29, 1.82) is 0 Å². The first-order valence-electron chi connectivity index (χ1n) is 8.50. The zero-order chi connectivity index (χ0) is 14.3. The summed E-state index contributed by atoms with van der Waals surface area (Å²) < 4.78 is 0. The van der Waals surface area contributed by atoms with Crippen LogP contribution in [-0.2, 0) is 0 Å². The zero-order valence-electron chi connectivity index (χ0n) is 13.2. The van der Waals surface area contributed by atoms with Gasteiger partial charge in [-0.15, -0.1) is 0 Å². The molecule has 2 heteroatoms. The van der Waals surface area contributed by atoms with Crippen molar-refractivity contribution in [3.05, 3.63) is 0 Å². The minimum Gasteiger partial charge on any atom is -0.396 e. The van der Waals surface area contributed by atoms with Crippen LogP contribution in [0.3, 0.4) is 0 Å². The van der Waals surface area contributed by atoms with Gasteiger partial charge in [0.2, 0.25) is 0 Å². The van der Waals surface area contributed by atoms with Gasteiger partial charge in [-0.1, -0.05) is 58.8 Å². The molecule has 0 aromatic carbocycles. The van der Waals surface area contributed by atoms with Crippen molar-refractivity contribution in [2.75, 3.05) is 13.2 Å². The fourth-order valence-electron chi connectivity index (χ4n) is 2.87. The molecule has 116 valence electrons. The predicted molar refractivity (Wildman–Crippen MR) is 83.3 cm³/mol. The standard InChI is InChI=1S/C17H36O2/c1-3-10-16(14-18)12-8-6-5-7-9-13-17(15-19)11-4-2/h16-19H,3-15H2,1-2H3. The minimum absolute atomic E-state index is 0.364. The minimum atomic E-state index is 0.364. The van der Waals surface area contributed by atoms with Crippen molar-refractivity contribution in [3.63, 3.8) is 0 Å². The van der Waals surface area contributed by atoms with Crippen LogP contribution in [0.4, 0.5) is 0 Å². The molecule has 0 aromatic heterocycles. The Morgan fingerprint density at radius 2 is 0.947 bits per heavy atom. The number of aliphatic hydroxyl groups excluding tert-OH is 2. The van der Waals surface area contributed by atoms with Crippen molar-refractivity contribution in [2.45, 2.75) is 84.5 Å². The molecule has 0 aromatic rings. The van der Waals surface area contributed by atoms with E-state index in [4.69, 9.17) is 0 Å². The highest BCUT2D eigenvalue weighted by atomic mass is 16.3. The lowest BCUT2D eigenvalue weighted by Gasteiger charge is -2.13. The molecule has 0 aliphatic heterocycles. The van der Waals surface area contributed by atoms with E-state index in [9.17, 15) is 10.2 Å². The average Bonchev–Trinajstić information content (AvgIpc) is 2.43. The average molecular weight is 272 g/mol. The third kappa shape index (κ3) is 11.4. The SMILES string of the molecule is CCCC(CO)CCCCCCCC(CO)CCC. The van der Waals surface area contributed by atoms with E-state index >= 15 is 0 Å². The third-order valence-corrected chi connectivity index (χ3v) is 4.13.